The summed E-state index contributed by atoms with van der Waals surface area (Å²) >= 11 is 1.48. The van der Waals surface area contributed by atoms with Gasteiger partial charge in [-0.1, -0.05) is 30.3 Å². The van der Waals surface area contributed by atoms with Crippen molar-refractivity contribution < 1.29 is 18.7 Å². The molecule has 1 aromatic heterocycles. The number of benzene rings is 2. The number of hydrogen-bond acceptors (Lipinski definition) is 5. The van der Waals surface area contributed by atoms with E-state index < -0.39 is 5.97 Å². The first kappa shape index (κ1) is 16.7. The predicted octanol–water partition coefficient (Wildman–Crippen LogP) is 3.92. The fourth-order valence-electron chi connectivity index (χ4n) is 3.01. The first-order chi connectivity index (χ1) is 12.6. The van der Waals surface area contributed by atoms with Gasteiger partial charge in [0.2, 0.25) is 5.91 Å². The molecule has 0 radical (unpaired) electrons. The van der Waals surface area contributed by atoms with E-state index in [4.69, 9.17) is 9.15 Å². The van der Waals surface area contributed by atoms with Gasteiger partial charge in [-0.15, -0.1) is 11.8 Å². The largest absolute Gasteiger partial charge is 0.457 e. The van der Waals surface area contributed by atoms with Crippen molar-refractivity contribution in [3.8, 4) is 0 Å². The van der Waals surface area contributed by atoms with E-state index in [1.807, 2.05) is 55.5 Å². The lowest BCUT2D eigenvalue weighted by Gasteiger charge is -2.27. The van der Waals surface area contributed by atoms with Gasteiger partial charge in [-0.2, -0.15) is 0 Å². The van der Waals surface area contributed by atoms with Crippen molar-refractivity contribution in [2.75, 3.05) is 17.2 Å². The number of esters is 1. The number of carbonyl (C=O) groups is 2. The third-order valence-electron chi connectivity index (χ3n) is 4.40. The summed E-state index contributed by atoms with van der Waals surface area (Å²) < 4.78 is 11.1. The summed E-state index contributed by atoms with van der Waals surface area (Å²) in [7, 11) is 0. The molecule has 5 nitrogen and oxygen atoms in total. The first-order valence-corrected chi connectivity index (χ1v) is 9.27. The molecule has 1 aliphatic rings. The number of furan rings is 1. The number of ether oxygens (including phenoxy) is 1. The fraction of sp³-hybridized carbons (Fsp3) is 0.200. The van der Waals surface area contributed by atoms with Crippen LogP contribution in [0.5, 0.6) is 0 Å². The fourth-order valence-corrected chi connectivity index (χ4v) is 3.95. The number of amides is 1. The number of fused-ring (bicyclic) bond motifs is 2. The van der Waals surface area contributed by atoms with Crippen molar-refractivity contribution in [2.24, 2.45) is 0 Å². The van der Waals surface area contributed by atoms with Gasteiger partial charge in [0.25, 0.3) is 0 Å². The minimum absolute atomic E-state index is 0.0533. The van der Waals surface area contributed by atoms with Gasteiger partial charge in [-0.3, -0.25) is 14.5 Å². The molecule has 3 aromatic rings. The Morgan fingerprint density at radius 1 is 1.19 bits per heavy atom. The average molecular weight is 367 g/mol. The SMILES string of the molecule is Cc1c(COC(=O)CN2C(=O)CSc3ccccc32)oc2ccccc12. The zero-order valence-electron chi connectivity index (χ0n) is 14.2. The molecule has 1 aliphatic heterocycles. The van der Waals surface area contributed by atoms with E-state index in [1.165, 1.54) is 16.7 Å². The maximum Gasteiger partial charge on any atom is 0.326 e. The highest BCUT2D eigenvalue weighted by Gasteiger charge is 2.27. The molecule has 0 unspecified atom stereocenters. The molecular formula is C20H17NO4S. The summed E-state index contributed by atoms with van der Waals surface area (Å²) in [5, 5.41) is 1.01. The van der Waals surface area contributed by atoms with Gasteiger partial charge in [0.05, 0.1) is 11.4 Å². The number of nitrogens with zero attached hydrogens (tertiary/aromatic N) is 1. The lowest BCUT2D eigenvalue weighted by atomic mass is 10.1. The molecular weight excluding hydrogens is 350 g/mol. The number of hydrogen-bond donors (Lipinski definition) is 0. The van der Waals surface area contributed by atoms with E-state index >= 15 is 0 Å². The molecule has 2 aromatic carbocycles. The molecule has 132 valence electrons. The van der Waals surface area contributed by atoms with Crippen molar-refractivity contribution >= 4 is 40.3 Å². The predicted molar refractivity (Wildman–Crippen MR) is 100 cm³/mol. The topological polar surface area (TPSA) is 59.8 Å². The summed E-state index contributed by atoms with van der Waals surface area (Å²) in [5.74, 6) is 0.401. The first-order valence-electron chi connectivity index (χ1n) is 8.28. The highest BCUT2D eigenvalue weighted by molar-refractivity contribution is 8.00. The van der Waals surface area contributed by atoms with Crippen LogP contribution in [0.25, 0.3) is 11.0 Å². The monoisotopic (exact) mass is 367 g/mol. The summed E-state index contributed by atoms with van der Waals surface area (Å²) in [5.41, 5.74) is 2.49. The Morgan fingerprint density at radius 3 is 2.81 bits per heavy atom. The molecule has 0 N–H and O–H groups in total. The highest BCUT2D eigenvalue weighted by Crippen LogP contribution is 2.34. The lowest BCUT2D eigenvalue weighted by Crippen LogP contribution is -2.39. The molecule has 6 heteroatoms. The van der Waals surface area contributed by atoms with Gasteiger partial charge in [0.15, 0.2) is 0 Å². The molecule has 1 amide bonds. The Labute approximate surface area is 154 Å². The van der Waals surface area contributed by atoms with Crippen LogP contribution in [0.1, 0.15) is 11.3 Å². The van der Waals surface area contributed by atoms with Gasteiger partial charge >= 0.3 is 5.97 Å². The van der Waals surface area contributed by atoms with Gasteiger partial charge in [0.1, 0.15) is 24.5 Å². The zero-order chi connectivity index (χ0) is 18.1. The van der Waals surface area contributed by atoms with Crippen LogP contribution in [-0.2, 0) is 20.9 Å². The van der Waals surface area contributed by atoms with Crippen LogP contribution < -0.4 is 4.90 Å². The number of thioether (sulfide) groups is 1. The van der Waals surface area contributed by atoms with Crippen molar-refractivity contribution in [2.45, 2.75) is 18.4 Å². The summed E-state index contributed by atoms with van der Waals surface area (Å²) in [6, 6.07) is 15.3. The molecule has 0 saturated carbocycles. The molecule has 0 fully saturated rings. The van der Waals surface area contributed by atoms with E-state index in [1.54, 1.807) is 0 Å². The van der Waals surface area contributed by atoms with Gasteiger partial charge in [-0.05, 0) is 25.1 Å². The molecule has 2 heterocycles. The molecule has 26 heavy (non-hydrogen) atoms. The molecule has 0 aliphatic carbocycles. The van der Waals surface area contributed by atoms with Crippen LogP contribution in [0.3, 0.4) is 0 Å². The summed E-state index contributed by atoms with van der Waals surface area (Å²) in [4.78, 5) is 27.0. The van der Waals surface area contributed by atoms with E-state index in [-0.39, 0.29) is 19.1 Å². The average Bonchev–Trinajstić information content (AvgIpc) is 2.99. The number of rotatable bonds is 4. The van der Waals surface area contributed by atoms with Crippen LogP contribution in [0, 0.1) is 6.92 Å². The minimum Gasteiger partial charge on any atom is -0.457 e. The quantitative estimate of drug-likeness (QED) is 0.654. The van der Waals surface area contributed by atoms with E-state index in [9.17, 15) is 9.59 Å². The summed E-state index contributed by atoms with van der Waals surface area (Å²) in [6.45, 7) is 1.89. The highest BCUT2D eigenvalue weighted by atomic mass is 32.2. The van der Waals surface area contributed by atoms with Gasteiger partial charge < -0.3 is 9.15 Å². The van der Waals surface area contributed by atoms with Crippen LogP contribution in [0.15, 0.2) is 57.8 Å². The van der Waals surface area contributed by atoms with Crippen molar-refractivity contribution in [3.63, 3.8) is 0 Å². The second kappa shape index (κ2) is 6.88. The van der Waals surface area contributed by atoms with E-state index in [0.29, 0.717) is 11.5 Å². The number of carbonyl (C=O) groups excluding carboxylic acids is 2. The Bertz CT molecular complexity index is 994. The second-order valence-corrected chi connectivity index (χ2v) is 7.06. The smallest absolute Gasteiger partial charge is 0.326 e. The zero-order valence-corrected chi connectivity index (χ0v) is 15.0. The third-order valence-corrected chi connectivity index (χ3v) is 5.45. The molecule has 0 saturated heterocycles. The normalized spacial score (nSPS) is 13.7. The lowest BCUT2D eigenvalue weighted by molar-refractivity contribution is -0.144. The molecule has 0 spiro atoms. The molecule has 4 rings (SSSR count). The second-order valence-electron chi connectivity index (χ2n) is 6.04. The maximum atomic E-state index is 12.3. The Morgan fingerprint density at radius 2 is 1.96 bits per heavy atom. The van der Waals surface area contributed by atoms with Crippen LogP contribution >= 0.6 is 11.8 Å². The Balaban J connectivity index is 1.46. The van der Waals surface area contributed by atoms with Crippen molar-refractivity contribution in [3.05, 3.63) is 59.9 Å². The van der Waals surface area contributed by atoms with Crippen LogP contribution in [-0.4, -0.2) is 24.2 Å². The number of para-hydroxylation sites is 2. The standard InChI is InChI=1S/C20H17NO4S/c1-13-14-6-2-4-8-16(14)25-17(13)11-24-20(23)10-21-15-7-3-5-9-18(15)26-12-19(21)22/h2-9H,10-12H2,1H3. The summed E-state index contributed by atoms with van der Waals surface area (Å²) in [6.07, 6.45) is 0. The van der Waals surface area contributed by atoms with Crippen molar-refractivity contribution in [1.82, 2.24) is 0 Å². The third kappa shape index (κ3) is 3.08. The van der Waals surface area contributed by atoms with E-state index in [0.717, 1.165) is 27.1 Å². The van der Waals surface area contributed by atoms with E-state index in [2.05, 4.69) is 0 Å². The Hall–Kier alpha value is -2.73. The van der Waals surface area contributed by atoms with Gasteiger partial charge in [-0.25, -0.2) is 0 Å². The molecule has 0 atom stereocenters. The maximum absolute atomic E-state index is 12.3. The number of aryl methyl sites for hydroxylation is 1. The van der Waals surface area contributed by atoms with Gasteiger partial charge in [0, 0.05) is 15.8 Å². The molecule has 0 bridgehead atoms. The minimum atomic E-state index is -0.458. The van der Waals surface area contributed by atoms with Crippen molar-refractivity contribution in [1.29, 1.82) is 0 Å². The van der Waals surface area contributed by atoms with Crippen LogP contribution in [0.4, 0.5) is 5.69 Å². The Kier molecular flexibility index (Phi) is 4.42. The van der Waals surface area contributed by atoms with Crippen LogP contribution in [0.2, 0.25) is 0 Å². The number of anilines is 1.